The minimum absolute atomic E-state index is 0.259. The first kappa shape index (κ1) is 17.1. The molecule has 3 rings (SSSR count). The van der Waals surface area contributed by atoms with Crippen LogP contribution in [0.4, 0.5) is 11.5 Å². The molecule has 130 valence electrons. The number of rotatable bonds is 4. The Hall–Kier alpha value is -2.73. The number of hydrogen-bond acceptors (Lipinski definition) is 5. The molecule has 1 aromatic carbocycles. The van der Waals surface area contributed by atoms with Crippen molar-refractivity contribution in [2.24, 2.45) is 0 Å². The van der Waals surface area contributed by atoms with Gasteiger partial charge in [0.2, 0.25) is 5.91 Å². The summed E-state index contributed by atoms with van der Waals surface area (Å²) in [4.78, 5) is 18.2. The Balaban J connectivity index is 1.67. The van der Waals surface area contributed by atoms with Crippen molar-refractivity contribution >= 4 is 35.1 Å². The van der Waals surface area contributed by atoms with Gasteiger partial charge in [0.25, 0.3) is 0 Å². The lowest BCUT2D eigenvalue weighted by atomic mass is 10.1. The molecule has 2 heterocycles. The molecule has 0 saturated heterocycles. The van der Waals surface area contributed by atoms with Gasteiger partial charge in [0, 0.05) is 20.2 Å². The number of benzene rings is 1. The van der Waals surface area contributed by atoms with Gasteiger partial charge >= 0.3 is 0 Å². The number of halogens is 1. The maximum Gasteiger partial charge on any atom is 0.248 e. The standard InChI is InChI=1S/C18H18ClN3O3/c1-22(2)16-5-4-13(11-20-16)21-17(23)6-3-12-9-14(19)18-15(10-12)24-7-8-25-18/h3-6,9-11H,7-8H2,1-2H3,(H,21,23)/b6-3+. The number of ether oxygens (including phenoxy) is 2. The lowest BCUT2D eigenvalue weighted by molar-refractivity contribution is -0.111. The number of amides is 1. The highest BCUT2D eigenvalue weighted by Gasteiger charge is 2.15. The van der Waals surface area contributed by atoms with E-state index in [2.05, 4.69) is 10.3 Å². The van der Waals surface area contributed by atoms with Gasteiger partial charge in [0.05, 0.1) is 16.9 Å². The number of nitrogens with zero attached hydrogens (tertiary/aromatic N) is 2. The number of carbonyl (C=O) groups is 1. The summed E-state index contributed by atoms with van der Waals surface area (Å²) in [6.45, 7) is 0.956. The third-order valence-electron chi connectivity index (χ3n) is 3.52. The predicted molar refractivity (Wildman–Crippen MR) is 98.7 cm³/mol. The molecule has 2 aromatic rings. The van der Waals surface area contributed by atoms with Crippen LogP contribution in [0.2, 0.25) is 5.02 Å². The molecule has 1 aliphatic heterocycles. The average molecular weight is 360 g/mol. The van der Waals surface area contributed by atoms with Crippen LogP contribution in [0.1, 0.15) is 5.56 Å². The molecule has 6 nitrogen and oxygen atoms in total. The Morgan fingerprint density at radius 3 is 2.80 bits per heavy atom. The lowest BCUT2D eigenvalue weighted by Crippen LogP contribution is -2.15. The van der Waals surface area contributed by atoms with Gasteiger partial charge in [-0.1, -0.05) is 11.6 Å². The molecule has 0 unspecified atom stereocenters. The Bertz CT molecular complexity index is 804. The fraction of sp³-hybridized carbons (Fsp3) is 0.222. The Labute approximate surface area is 151 Å². The van der Waals surface area contributed by atoms with Crippen LogP contribution in [0.15, 0.2) is 36.5 Å². The normalized spacial score (nSPS) is 12.9. The minimum Gasteiger partial charge on any atom is -0.486 e. The minimum atomic E-state index is -0.259. The predicted octanol–water partition coefficient (Wildman–Crippen LogP) is 3.22. The summed E-state index contributed by atoms with van der Waals surface area (Å²) < 4.78 is 11.0. The first-order valence-corrected chi connectivity index (χ1v) is 8.12. The fourth-order valence-corrected chi connectivity index (χ4v) is 2.58. The van der Waals surface area contributed by atoms with Crippen LogP contribution in [-0.4, -0.2) is 38.2 Å². The van der Waals surface area contributed by atoms with Crippen LogP contribution in [-0.2, 0) is 4.79 Å². The zero-order valence-electron chi connectivity index (χ0n) is 14.0. The van der Waals surface area contributed by atoms with Crippen LogP contribution in [0.25, 0.3) is 6.08 Å². The van der Waals surface area contributed by atoms with Gasteiger partial charge < -0.3 is 19.7 Å². The van der Waals surface area contributed by atoms with E-state index in [-0.39, 0.29) is 5.91 Å². The van der Waals surface area contributed by atoms with E-state index < -0.39 is 0 Å². The molecule has 0 spiro atoms. The maximum absolute atomic E-state index is 12.1. The zero-order chi connectivity index (χ0) is 17.8. The highest BCUT2D eigenvalue weighted by Crippen LogP contribution is 2.38. The van der Waals surface area contributed by atoms with Crippen molar-refractivity contribution in [1.82, 2.24) is 4.98 Å². The highest BCUT2D eigenvalue weighted by atomic mass is 35.5. The van der Waals surface area contributed by atoms with Crippen molar-refractivity contribution in [3.05, 3.63) is 47.1 Å². The van der Waals surface area contributed by atoms with Crippen LogP contribution in [0, 0.1) is 0 Å². The Kier molecular flexibility index (Phi) is 5.09. The number of hydrogen-bond donors (Lipinski definition) is 1. The molecule has 0 saturated carbocycles. The molecule has 0 radical (unpaired) electrons. The monoisotopic (exact) mass is 359 g/mol. The SMILES string of the molecule is CN(C)c1ccc(NC(=O)/C=C/c2cc(Cl)c3c(c2)OCCO3)cn1. The molecule has 7 heteroatoms. The summed E-state index contributed by atoms with van der Waals surface area (Å²) in [6, 6.07) is 7.15. The topological polar surface area (TPSA) is 63.7 Å². The second kappa shape index (κ2) is 7.44. The van der Waals surface area contributed by atoms with Gasteiger partial charge in [-0.05, 0) is 35.9 Å². The molecule has 1 aliphatic rings. The Morgan fingerprint density at radius 2 is 2.08 bits per heavy atom. The van der Waals surface area contributed by atoms with E-state index in [4.69, 9.17) is 21.1 Å². The van der Waals surface area contributed by atoms with Gasteiger partial charge in [-0.3, -0.25) is 4.79 Å². The van der Waals surface area contributed by atoms with E-state index >= 15 is 0 Å². The summed E-state index contributed by atoms with van der Waals surface area (Å²) in [5, 5.41) is 3.22. The second-order valence-electron chi connectivity index (χ2n) is 5.65. The van der Waals surface area contributed by atoms with Crippen molar-refractivity contribution in [1.29, 1.82) is 0 Å². The van der Waals surface area contributed by atoms with Gasteiger partial charge in [-0.2, -0.15) is 0 Å². The molecular formula is C18H18ClN3O3. The quantitative estimate of drug-likeness (QED) is 0.849. The molecule has 1 amide bonds. The fourth-order valence-electron chi connectivity index (χ4n) is 2.31. The molecule has 0 fully saturated rings. The molecule has 0 bridgehead atoms. The van der Waals surface area contributed by atoms with Crippen molar-refractivity contribution < 1.29 is 14.3 Å². The van der Waals surface area contributed by atoms with E-state index in [0.29, 0.717) is 35.4 Å². The Morgan fingerprint density at radius 1 is 1.28 bits per heavy atom. The number of nitrogens with one attached hydrogen (secondary N) is 1. The second-order valence-corrected chi connectivity index (χ2v) is 6.06. The van der Waals surface area contributed by atoms with Crippen molar-refractivity contribution in [3.63, 3.8) is 0 Å². The largest absolute Gasteiger partial charge is 0.486 e. The maximum atomic E-state index is 12.1. The lowest BCUT2D eigenvalue weighted by Gasteiger charge is -2.19. The number of carbonyl (C=O) groups excluding carboxylic acids is 1. The number of pyridine rings is 1. The molecule has 0 atom stereocenters. The van der Waals surface area contributed by atoms with E-state index in [9.17, 15) is 4.79 Å². The van der Waals surface area contributed by atoms with Crippen LogP contribution in [0.3, 0.4) is 0 Å². The number of fused-ring (bicyclic) bond motifs is 1. The summed E-state index contributed by atoms with van der Waals surface area (Å²) in [5.74, 6) is 1.69. The summed E-state index contributed by atoms with van der Waals surface area (Å²) >= 11 is 6.18. The van der Waals surface area contributed by atoms with Crippen LogP contribution >= 0.6 is 11.6 Å². The van der Waals surface area contributed by atoms with E-state index in [1.54, 1.807) is 30.5 Å². The van der Waals surface area contributed by atoms with Gasteiger partial charge in [-0.15, -0.1) is 0 Å². The summed E-state index contributed by atoms with van der Waals surface area (Å²) in [5.41, 5.74) is 1.38. The van der Waals surface area contributed by atoms with Gasteiger partial charge in [0.1, 0.15) is 19.0 Å². The van der Waals surface area contributed by atoms with E-state index in [0.717, 1.165) is 11.4 Å². The van der Waals surface area contributed by atoms with Crippen molar-refractivity contribution in [2.45, 2.75) is 0 Å². The van der Waals surface area contributed by atoms with Gasteiger partial charge in [-0.25, -0.2) is 4.98 Å². The van der Waals surface area contributed by atoms with E-state index in [1.807, 2.05) is 25.1 Å². The molecule has 25 heavy (non-hydrogen) atoms. The highest BCUT2D eigenvalue weighted by molar-refractivity contribution is 6.32. The first-order chi connectivity index (χ1) is 12.0. The molecule has 1 N–H and O–H groups in total. The number of anilines is 2. The van der Waals surface area contributed by atoms with E-state index in [1.165, 1.54) is 6.08 Å². The third-order valence-corrected chi connectivity index (χ3v) is 3.80. The first-order valence-electron chi connectivity index (χ1n) is 7.74. The summed E-state index contributed by atoms with van der Waals surface area (Å²) in [7, 11) is 3.81. The van der Waals surface area contributed by atoms with Gasteiger partial charge in [0.15, 0.2) is 11.5 Å². The molecule has 1 aromatic heterocycles. The third kappa shape index (κ3) is 4.22. The van der Waals surface area contributed by atoms with Crippen molar-refractivity contribution in [3.8, 4) is 11.5 Å². The smallest absolute Gasteiger partial charge is 0.248 e. The van der Waals surface area contributed by atoms with Crippen LogP contribution in [0.5, 0.6) is 11.5 Å². The zero-order valence-corrected chi connectivity index (χ0v) is 14.7. The number of aromatic nitrogens is 1. The molecular weight excluding hydrogens is 342 g/mol. The summed E-state index contributed by atoms with van der Waals surface area (Å²) in [6.07, 6.45) is 4.71. The van der Waals surface area contributed by atoms with Crippen LogP contribution < -0.4 is 19.7 Å². The average Bonchev–Trinajstić information content (AvgIpc) is 2.60. The van der Waals surface area contributed by atoms with Crippen molar-refractivity contribution in [2.75, 3.05) is 37.5 Å². The molecule has 0 aliphatic carbocycles.